The number of nitrogens with two attached hydrogens (primary N) is 1. The molecule has 0 heterocycles. The van der Waals surface area contributed by atoms with Gasteiger partial charge < -0.3 is 25.9 Å². The molecule has 0 aliphatic heterocycles. The lowest BCUT2D eigenvalue weighted by Gasteiger charge is -2.30. The Balaban J connectivity index is 2.39. The highest BCUT2D eigenvalue weighted by Gasteiger charge is 2.22. The molecule has 0 saturated heterocycles. The zero-order valence-corrected chi connectivity index (χ0v) is 10.8. The fraction of sp³-hybridized carbons (Fsp3) is 0.818. The largest absolute Gasteiger partial charge is 0.409 e. The van der Waals surface area contributed by atoms with Crippen molar-refractivity contribution in [3.05, 3.63) is 0 Å². The summed E-state index contributed by atoms with van der Waals surface area (Å²) in [5.41, 5.74) is 5.40. The number of rotatable bonds is 7. The molecule has 104 valence electrons. The molecule has 1 aliphatic rings. The van der Waals surface area contributed by atoms with Crippen molar-refractivity contribution in [2.75, 3.05) is 26.8 Å². The minimum absolute atomic E-state index is 0.109. The fourth-order valence-corrected chi connectivity index (χ4v) is 1.63. The Hall–Kier alpha value is -1.50. The number of methoxy groups -OCH3 is 1. The summed E-state index contributed by atoms with van der Waals surface area (Å²) < 4.78 is 4.97. The molecule has 1 aliphatic carbocycles. The van der Waals surface area contributed by atoms with Crippen LogP contribution < -0.4 is 11.1 Å². The van der Waals surface area contributed by atoms with E-state index in [1.165, 1.54) is 6.42 Å². The lowest BCUT2D eigenvalue weighted by Crippen LogP contribution is -2.48. The summed E-state index contributed by atoms with van der Waals surface area (Å²) in [6, 6.07) is 0.189. The van der Waals surface area contributed by atoms with Crippen LogP contribution in [0.3, 0.4) is 0 Å². The first-order chi connectivity index (χ1) is 8.67. The van der Waals surface area contributed by atoms with Gasteiger partial charge in [-0.3, -0.25) is 0 Å². The fourth-order valence-electron chi connectivity index (χ4n) is 1.63. The summed E-state index contributed by atoms with van der Waals surface area (Å²) in [5.74, 6) is 0.119. The standard InChI is InChI=1S/C11H22N4O3/c1-18-8-7-15(6-5-10(12)14-17)11(16)13-9-3-2-4-9/h9,17H,2-8H2,1H3,(H2,12,14)(H,13,16). The van der Waals surface area contributed by atoms with Crippen LogP contribution in [0.25, 0.3) is 0 Å². The van der Waals surface area contributed by atoms with Gasteiger partial charge in [0, 0.05) is 32.7 Å². The molecule has 0 unspecified atom stereocenters. The maximum absolute atomic E-state index is 12.0. The molecular formula is C11H22N4O3. The van der Waals surface area contributed by atoms with Gasteiger partial charge in [0.05, 0.1) is 6.61 Å². The molecule has 0 aromatic heterocycles. The molecule has 1 saturated carbocycles. The van der Waals surface area contributed by atoms with Gasteiger partial charge >= 0.3 is 6.03 Å². The number of oxime groups is 1. The Morgan fingerprint density at radius 2 is 2.28 bits per heavy atom. The summed E-state index contributed by atoms with van der Waals surface area (Å²) in [4.78, 5) is 13.6. The quantitative estimate of drug-likeness (QED) is 0.265. The van der Waals surface area contributed by atoms with Crippen LogP contribution in [0.15, 0.2) is 5.16 Å². The number of carbonyl (C=O) groups is 1. The van der Waals surface area contributed by atoms with Crippen LogP contribution in [0.4, 0.5) is 4.79 Å². The highest BCUT2D eigenvalue weighted by molar-refractivity contribution is 5.81. The van der Waals surface area contributed by atoms with E-state index in [1.54, 1.807) is 12.0 Å². The van der Waals surface area contributed by atoms with E-state index in [0.29, 0.717) is 32.2 Å². The predicted octanol–water partition coefficient (Wildman–Crippen LogP) is 0.333. The number of amidine groups is 1. The van der Waals surface area contributed by atoms with Crippen LogP contribution in [0, 0.1) is 0 Å². The van der Waals surface area contributed by atoms with E-state index < -0.39 is 0 Å². The normalized spacial score (nSPS) is 16.2. The van der Waals surface area contributed by atoms with E-state index in [0.717, 1.165) is 12.8 Å². The Bertz CT molecular complexity index is 292. The lowest BCUT2D eigenvalue weighted by atomic mass is 9.93. The molecule has 0 radical (unpaired) electrons. The summed E-state index contributed by atoms with van der Waals surface area (Å²) in [7, 11) is 1.59. The summed E-state index contributed by atoms with van der Waals surface area (Å²) in [6.45, 7) is 1.37. The van der Waals surface area contributed by atoms with E-state index in [1.807, 2.05) is 0 Å². The van der Waals surface area contributed by atoms with Gasteiger partial charge in [0.1, 0.15) is 5.84 Å². The zero-order valence-electron chi connectivity index (χ0n) is 10.8. The number of urea groups is 1. The van der Waals surface area contributed by atoms with E-state index in [9.17, 15) is 4.79 Å². The third-order valence-electron chi connectivity index (χ3n) is 3.05. The first kappa shape index (κ1) is 14.6. The second-order valence-electron chi connectivity index (χ2n) is 4.40. The number of hydrogen-bond donors (Lipinski definition) is 3. The number of ether oxygens (including phenoxy) is 1. The Labute approximate surface area is 107 Å². The summed E-state index contributed by atoms with van der Waals surface area (Å²) in [6.07, 6.45) is 3.61. The van der Waals surface area contributed by atoms with Gasteiger partial charge in [-0.2, -0.15) is 0 Å². The second kappa shape index (κ2) is 7.75. The number of amides is 2. The number of hydrogen-bond acceptors (Lipinski definition) is 4. The van der Waals surface area contributed by atoms with Crippen molar-refractivity contribution < 1.29 is 14.7 Å². The van der Waals surface area contributed by atoms with Crippen molar-refractivity contribution in [1.29, 1.82) is 0 Å². The lowest BCUT2D eigenvalue weighted by molar-refractivity contribution is 0.145. The van der Waals surface area contributed by atoms with Gasteiger partial charge in [-0.1, -0.05) is 5.16 Å². The number of nitrogens with one attached hydrogen (secondary N) is 1. The maximum atomic E-state index is 12.0. The highest BCUT2D eigenvalue weighted by Crippen LogP contribution is 2.18. The summed E-state index contributed by atoms with van der Waals surface area (Å²) in [5, 5.41) is 14.3. The van der Waals surface area contributed by atoms with Gasteiger partial charge in [-0.25, -0.2) is 4.79 Å². The van der Waals surface area contributed by atoms with Gasteiger partial charge in [0.25, 0.3) is 0 Å². The highest BCUT2D eigenvalue weighted by atomic mass is 16.5. The Morgan fingerprint density at radius 1 is 1.56 bits per heavy atom. The molecule has 18 heavy (non-hydrogen) atoms. The molecule has 0 aromatic rings. The third-order valence-corrected chi connectivity index (χ3v) is 3.05. The SMILES string of the molecule is COCCN(CCC(N)=NO)C(=O)NC1CCC1. The third kappa shape index (κ3) is 4.79. The maximum Gasteiger partial charge on any atom is 0.317 e. The molecule has 1 rings (SSSR count). The van der Waals surface area contributed by atoms with E-state index >= 15 is 0 Å². The van der Waals surface area contributed by atoms with Gasteiger partial charge in [0.15, 0.2) is 0 Å². The van der Waals surface area contributed by atoms with Crippen molar-refractivity contribution in [3.63, 3.8) is 0 Å². The van der Waals surface area contributed by atoms with Gasteiger partial charge in [-0.05, 0) is 19.3 Å². The van der Waals surface area contributed by atoms with Crippen LogP contribution in [0.5, 0.6) is 0 Å². The van der Waals surface area contributed by atoms with Crippen molar-refractivity contribution in [2.24, 2.45) is 10.9 Å². The zero-order chi connectivity index (χ0) is 13.4. The molecule has 0 aromatic carbocycles. The first-order valence-electron chi connectivity index (χ1n) is 6.18. The molecule has 0 spiro atoms. The van der Waals surface area contributed by atoms with Crippen molar-refractivity contribution in [3.8, 4) is 0 Å². The first-order valence-corrected chi connectivity index (χ1v) is 6.18. The van der Waals surface area contributed by atoms with Crippen LogP contribution in [0.1, 0.15) is 25.7 Å². The Morgan fingerprint density at radius 3 is 2.78 bits per heavy atom. The second-order valence-corrected chi connectivity index (χ2v) is 4.40. The van der Waals surface area contributed by atoms with Crippen LogP contribution in [0.2, 0.25) is 0 Å². The van der Waals surface area contributed by atoms with Crippen LogP contribution in [-0.4, -0.2) is 54.8 Å². The van der Waals surface area contributed by atoms with Crippen LogP contribution in [-0.2, 0) is 4.74 Å². The molecule has 0 atom stereocenters. The molecule has 4 N–H and O–H groups in total. The monoisotopic (exact) mass is 258 g/mol. The van der Waals surface area contributed by atoms with Crippen molar-refractivity contribution in [2.45, 2.75) is 31.7 Å². The van der Waals surface area contributed by atoms with E-state index in [2.05, 4.69) is 10.5 Å². The molecule has 1 fully saturated rings. The van der Waals surface area contributed by atoms with Gasteiger partial charge in [-0.15, -0.1) is 0 Å². The summed E-state index contributed by atoms with van der Waals surface area (Å²) >= 11 is 0. The minimum Gasteiger partial charge on any atom is -0.409 e. The topological polar surface area (TPSA) is 100 Å². The molecule has 7 heteroatoms. The average molecular weight is 258 g/mol. The van der Waals surface area contributed by atoms with E-state index in [-0.39, 0.29) is 11.9 Å². The molecular weight excluding hydrogens is 236 g/mol. The smallest absolute Gasteiger partial charge is 0.317 e. The van der Waals surface area contributed by atoms with Crippen LogP contribution >= 0.6 is 0 Å². The van der Waals surface area contributed by atoms with E-state index in [4.69, 9.17) is 15.7 Å². The molecule has 0 bridgehead atoms. The average Bonchev–Trinajstić information content (AvgIpc) is 2.33. The minimum atomic E-state index is -0.109. The molecule has 2 amide bonds. The number of nitrogens with zero attached hydrogens (tertiary/aromatic N) is 2. The van der Waals surface area contributed by atoms with Gasteiger partial charge in [0.2, 0.25) is 0 Å². The van der Waals surface area contributed by atoms with Crippen molar-refractivity contribution >= 4 is 11.9 Å². The molecule has 7 nitrogen and oxygen atoms in total. The number of carbonyl (C=O) groups excluding carboxylic acids is 1. The van der Waals surface area contributed by atoms with Crippen molar-refractivity contribution in [1.82, 2.24) is 10.2 Å². The Kier molecular flexibility index (Phi) is 6.27. The predicted molar refractivity (Wildman–Crippen MR) is 67.6 cm³/mol.